The third-order valence-corrected chi connectivity index (χ3v) is 5.77. The minimum absolute atomic E-state index is 0.330. The van der Waals surface area contributed by atoms with Gasteiger partial charge in [-0.05, 0) is 37.3 Å². The van der Waals surface area contributed by atoms with E-state index in [0.29, 0.717) is 37.7 Å². The monoisotopic (exact) mass is 436 g/mol. The molecular weight excluding hydrogens is 420 g/mol. The Morgan fingerprint density at radius 1 is 1.03 bits per heavy atom. The van der Waals surface area contributed by atoms with Crippen molar-refractivity contribution in [3.63, 3.8) is 0 Å². The molecule has 0 aliphatic heterocycles. The minimum Gasteiger partial charge on any atom is -0.465 e. The molecule has 2 aromatic heterocycles. The van der Waals surface area contributed by atoms with Gasteiger partial charge in [-0.2, -0.15) is 0 Å². The molecule has 0 saturated heterocycles. The number of amides is 1. The van der Waals surface area contributed by atoms with Gasteiger partial charge in [-0.25, -0.2) is 9.78 Å². The molecule has 1 N–H and O–H groups in total. The number of nitrogens with zero attached hydrogens (tertiary/aromatic N) is 1. The molecule has 0 aliphatic carbocycles. The van der Waals surface area contributed by atoms with Crippen molar-refractivity contribution in [1.29, 1.82) is 0 Å². The van der Waals surface area contributed by atoms with Gasteiger partial charge in [0, 0.05) is 20.8 Å². The quantitative estimate of drug-likeness (QED) is 0.400. The molecule has 0 unspecified atom stereocenters. The highest BCUT2D eigenvalue weighted by Crippen LogP contribution is 2.31. The van der Waals surface area contributed by atoms with Gasteiger partial charge in [0.05, 0.1) is 29.4 Å². The van der Waals surface area contributed by atoms with Crippen LogP contribution in [0.5, 0.6) is 0 Å². The Hall–Kier alpha value is -3.22. The van der Waals surface area contributed by atoms with Gasteiger partial charge in [-0.15, -0.1) is 11.3 Å². The molecule has 0 bridgehead atoms. The van der Waals surface area contributed by atoms with Crippen LogP contribution in [-0.4, -0.2) is 24.0 Å². The molecule has 2 aromatic carbocycles. The molecule has 0 aliphatic rings. The molecule has 4 aromatic rings. The van der Waals surface area contributed by atoms with E-state index < -0.39 is 5.97 Å². The standard InChI is InChI=1S/C23H17ClN2O3S/c1-13-10-18(23(28)29-2)22(30-13)26-21(27)17-12-20(14-6-5-7-15(24)11-14)25-19-9-4-3-8-16(17)19/h3-12H,1-2H3,(H,26,27). The average Bonchev–Trinajstić information content (AvgIpc) is 3.12. The number of rotatable bonds is 4. The maximum atomic E-state index is 13.2. The summed E-state index contributed by atoms with van der Waals surface area (Å²) in [4.78, 5) is 30.9. The van der Waals surface area contributed by atoms with Crippen LogP contribution in [0.15, 0.2) is 60.7 Å². The fraction of sp³-hybridized carbons (Fsp3) is 0.0870. The zero-order chi connectivity index (χ0) is 21.3. The van der Waals surface area contributed by atoms with Crippen molar-refractivity contribution < 1.29 is 14.3 Å². The highest BCUT2D eigenvalue weighted by Gasteiger charge is 2.20. The molecule has 7 heteroatoms. The number of esters is 1. The lowest BCUT2D eigenvalue weighted by Gasteiger charge is -2.11. The molecule has 2 heterocycles. The van der Waals surface area contributed by atoms with E-state index in [-0.39, 0.29) is 5.91 Å². The molecule has 4 rings (SSSR count). The minimum atomic E-state index is -0.492. The number of benzene rings is 2. The third kappa shape index (κ3) is 3.92. The van der Waals surface area contributed by atoms with Crippen molar-refractivity contribution in [2.24, 2.45) is 0 Å². The summed E-state index contributed by atoms with van der Waals surface area (Å²) in [7, 11) is 1.31. The number of halogens is 1. The lowest BCUT2D eigenvalue weighted by atomic mass is 10.0. The molecule has 0 spiro atoms. The number of nitrogens with one attached hydrogen (secondary N) is 1. The molecule has 0 fully saturated rings. The van der Waals surface area contributed by atoms with Crippen LogP contribution in [0.4, 0.5) is 5.00 Å². The van der Waals surface area contributed by atoms with Gasteiger partial charge in [0.15, 0.2) is 0 Å². The molecule has 150 valence electrons. The van der Waals surface area contributed by atoms with E-state index in [1.165, 1.54) is 18.4 Å². The molecule has 0 radical (unpaired) electrons. The summed E-state index contributed by atoms with van der Waals surface area (Å²) in [5.74, 6) is -0.822. The Morgan fingerprint density at radius 3 is 2.60 bits per heavy atom. The molecule has 0 atom stereocenters. The van der Waals surface area contributed by atoms with Gasteiger partial charge in [0.1, 0.15) is 5.00 Å². The third-order valence-electron chi connectivity index (χ3n) is 4.57. The van der Waals surface area contributed by atoms with E-state index in [0.717, 1.165) is 10.4 Å². The average molecular weight is 437 g/mol. The first-order chi connectivity index (χ1) is 14.5. The summed E-state index contributed by atoms with van der Waals surface area (Å²) < 4.78 is 4.83. The number of methoxy groups -OCH3 is 1. The van der Waals surface area contributed by atoms with Crippen molar-refractivity contribution in [3.05, 3.63) is 81.7 Å². The number of aryl methyl sites for hydroxylation is 1. The van der Waals surface area contributed by atoms with Crippen LogP contribution in [-0.2, 0) is 4.74 Å². The van der Waals surface area contributed by atoms with Gasteiger partial charge >= 0.3 is 5.97 Å². The second kappa shape index (κ2) is 8.26. The van der Waals surface area contributed by atoms with E-state index in [4.69, 9.17) is 16.3 Å². The van der Waals surface area contributed by atoms with E-state index >= 15 is 0 Å². The molecule has 1 amide bonds. The first-order valence-corrected chi connectivity index (χ1v) is 10.3. The predicted octanol–water partition coefficient (Wildman–Crippen LogP) is 5.96. The van der Waals surface area contributed by atoms with Gasteiger partial charge in [0.2, 0.25) is 0 Å². The van der Waals surface area contributed by atoms with E-state index in [1.54, 1.807) is 24.3 Å². The Balaban J connectivity index is 1.80. The van der Waals surface area contributed by atoms with E-state index in [2.05, 4.69) is 10.3 Å². The summed E-state index contributed by atoms with van der Waals surface area (Å²) in [5.41, 5.74) is 2.93. The van der Waals surface area contributed by atoms with Crippen molar-refractivity contribution in [3.8, 4) is 11.3 Å². The summed E-state index contributed by atoms with van der Waals surface area (Å²) in [6.45, 7) is 1.87. The first kappa shape index (κ1) is 20.1. The Labute approximate surface area is 182 Å². The van der Waals surface area contributed by atoms with Crippen LogP contribution in [0.2, 0.25) is 5.02 Å². The molecule has 5 nitrogen and oxygen atoms in total. The summed E-state index contributed by atoms with van der Waals surface area (Å²) in [5, 5.41) is 4.63. The number of hydrogen-bond acceptors (Lipinski definition) is 5. The van der Waals surface area contributed by atoms with Gasteiger partial charge in [-0.1, -0.05) is 41.9 Å². The molecular formula is C23H17ClN2O3S. The van der Waals surface area contributed by atoms with Crippen molar-refractivity contribution in [2.75, 3.05) is 12.4 Å². The number of thiophene rings is 1. The summed E-state index contributed by atoms with van der Waals surface area (Å²) in [6, 6.07) is 18.2. The van der Waals surface area contributed by atoms with E-state index in [9.17, 15) is 9.59 Å². The zero-order valence-electron chi connectivity index (χ0n) is 16.2. The van der Waals surface area contributed by atoms with Crippen LogP contribution in [0, 0.1) is 6.92 Å². The summed E-state index contributed by atoms with van der Waals surface area (Å²) >= 11 is 7.46. The number of carbonyl (C=O) groups excluding carboxylic acids is 2. The van der Waals surface area contributed by atoms with Gasteiger partial charge in [0.25, 0.3) is 5.91 Å². The number of fused-ring (bicyclic) bond motifs is 1. The fourth-order valence-electron chi connectivity index (χ4n) is 3.20. The van der Waals surface area contributed by atoms with Crippen molar-refractivity contribution in [2.45, 2.75) is 6.92 Å². The van der Waals surface area contributed by atoms with Crippen LogP contribution < -0.4 is 5.32 Å². The maximum absolute atomic E-state index is 13.2. The van der Waals surface area contributed by atoms with Crippen LogP contribution >= 0.6 is 22.9 Å². The number of pyridine rings is 1. The number of hydrogen-bond donors (Lipinski definition) is 1. The zero-order valence-corrected chi connectivity index (χ0v) is 17.8. The molecule has 0 saturated carbocycles. The van der Waals surface area contributed by atoms with Gasteiger partial charge < -0.3 is 10.1 Å². The highest BCUT2D eigenvalue weighted by atomic mass is 35.5. The van der Waals surface area contributed by atoms with E-state index in [1.807, 2.05) is 43.3 Å². The van der Waals surface area contributed by atoms with Crippen molar-refractivity contribution >= 4 is 50.7 Å². The smallest absolute Gasteiger partial charge is 0.340 e. The SMILES string of the molecule is COC(=O)c1cc(C)sc1NC(=O)c1cc(-c2cccc(Cl)c2)nc2ccccc12. The van der Waals surface area contributed by atoms with Crippen LogP contribution in [0.3, 0.4) is 0 Å². The fourth-order valence-corrected chi connectivity index (χ4v) is 4.28. The molecule has 30 heavy (non-hydrogen) atoms. The highest BCUT2D eigenvalue weighted by molar-refractivity contribution is 7.16. The first-order valence-electron chi connectivity index (χ1n) is 9.12. The topological polar surface area (TPSA) is 68.3 Å². The lowest BCUT2D eigenvalue weighted by molar-refractivity contribution is 0.0602. The lowest BCUT2D eigenvalue weighted by Crippen LogP contribution is -2.14. The number of anilines is 1. The normalized spacial score (nSPS) is 10.8. The second-order valence-corrected chi connectivity index (χ2v) is 8.32. The number of aromatic nitrogens is 1. The maximum Gasteiger partial charge on any atom is 0.340 e. The Kier molecular flexibility index (Phi) is 5.53. The second-order valence-electron chi connectivity index (χ2n) is 6.63. The number of ether oxygens (including phenoxy) is 1. The predicted molar refractivity (Wildman–Crippen MR) is 121 cm³/mol. The van der Waals surface area contributed by atoms with Gasteiger partial charge in [-0.3, -0.25) is 4.79 Å². The van der Waals surface area contributed by atoms with Crippen LogP contribution in [0.1, 0.15) is 25.6 Å². The Bertz CT molecular complexity index is 1280. The Morgan fingerprint density at radius 2 is 1.83 bits per heavy atom. The largest absolute Gasteiger partial charge is 0.465 e. The van der Waals surface area contributed by atoms with Crippen LogP contribution in [0.25, 0.3) is 22.2 Å². The number of para-hydroxylation sites is 1. The number of carbonyl (C=O) groups is 2. The van der Waals surface area contributed by atoms with Crippen molar-refractivity contribution in [1.82, 2.24) is 4.98 Å². The summed E-state index contributed by atoms with van der Waals surface area (Å²) in [6.07, 6.45) is 0.